The normalized spacial score (nSPS) is 16.6. The molecule has 1 N–H and O–H groups in total. The summed E-state index contributed by atoms with van der Waals surface area (Å²) in [5, 5.41) is 10.9. The standard InChI is InChI=1S/C27H29F2N5/c1-2-34-13-3-4-24(34)18-33(16-19-5-9-23(28)10-6-19)17-22-14-20(7-11-25(22)29)21-8-12-26-27(15-21)31-32-30-26/h5-12,14-15,24H,2-4,13,16-18H2,1H3,(H,30,31,32)/t24-/m0/s1. The van der Waals surface area contributed by atoms with Crippen LogP contribution in [0.4, 0.5) is 8.78 Å². The van der Waals surface area contributed by atoms with Crippen LogP contribution < -0.4 is 0 Å². The molecule has 7 heteroatoms. The number of aromatic nitrogens is 3. The molecule has 0 saturated carbocycles. The van der Waals surface area contributed by atoms with E-state index in [0.717, 1.165) is 53.8 Å². The Hall–Kier alpha value is -3.16. The lowest BCUT2D eigenvalue weighted by Gasteiger charge is -2.30. The minimum Gasteiger partial charge on any atom is -0.299 e. The van der Waals surface area contributed by atoms with Crippen molar-refractivity contribution in [3.05, 3.63) is 83.4 Å². The van der Waals surface area contributed by atoms with Crippen LogP contribution in [0.2, 0.25) is 0 Å². The second-order valence-corrected chi connectivity index (χ2v) is 9.05. The highest BCUT2D eigenvalue weighted by molar-refractivity contribution is 5.81. The lowest BCUT2D eigenvalue weighted by Crippen LogP contribution is -2.39. The Bertz CT molecular complexity index is 1250. The van der Waals surface area contributed by atoms with Gasteiger partial charge in [-0.3, -0.25) is 9.80 Å². The maximum atomic E-state index is 15.0. The van der Waals surface area contributed by atoms with Crippen molar-refractivity contribution in [2.75, 3.05) is 19.6 Å². The lowest BCUT2D eigenvalue weighted by atomic mass is 10.0. The molecular weight excluding hydrogens is 432 g/mol. The van der Waals surface area contributed by atoms with Gasteiger partial charge in [0.2, 0.25) is 0 Å². The molecule has 0 spiro atoms. The molecule has 0 amide bonds. The molecule has 3 aromatic carbocycles. The van der Waals surface area contributed by atoms with E-state index in [2.05, 4.69) is 32.1 Å². The Morgan fingerprint density at radius 3 is 2.53 bits per heavy atom. The van der Waals surface area contributed by atoms with Gasteiger partial charge in [-0.05, 0) is 79.0 Å². The van der Waals surface area contributed by atoms with E-state index in [9.17, 15) is 8.78 Å². The molecule has 2 heterocycles. The van der Waals surface area contributed by atoms with Gasteiger partial charge >= 0.3 is 0 Å². The van der Waals surface area contributed by atoms with Gasteiger partial charge in [0.1, 0.15) is 22.7 Å². The van der Waals surface area contributed by atoms with Gasteiger partial charge in [0.25, 0.3) is 0 Å². The molecule has 0 unspecified atom stereocenters. The predicted octanol–water partition coefficient (Wildman–Crippen LogP) is 5.39. The van der Waals surface area contributed by atoms with E-state index in [4.69, 9.17) is 0 Å². The fraction of sp³-hybridized carbons (Fsp3) is 0.333. The molecule has 1 aliphatic rings. The fourth-order valence-corrected chi connectivity index (χ4v) is 4.99. The van der Waals surface area contributed by atoms with Crippen molar-refractivity contribution in [3.8, 4) is 11.1 Å². The van der Waals surface area contributed by atoms with E-state index in [1.165, 1.54) is 18.6 Å². The second kappa shape index (κ2) is 9.99. The monoisotopic (exact) mass is 461 g/mol. The van der Waals surface area contributed by atoms with Gasteiger partial charge in [-0.2, -0.15) is 15.4 Å². The van der Waals surface area contributed by atoms with E-state index in [-0.39, 0.29) is 11.6 Å². The maximum Gasteiger partial charge on any atom is 0.127 e. The van der Waals surface area contributed by atoms with Crippen LogP contribution in [0.15, 0.2) is 60.7 Å². The third-order valence-electron chi connectivity index (χ3n) is 6.78. The third-order valence-corrected chi connectivity index (χ3v) is 6.78. The minimum atomic E-state index is -0.244. The van der Waals surface area contributed by atoms with Crippen LogP contribution >= 0.6 is 0 Å². The van der Waals surface area contributed by atoms with Crippen LogP contribution in [0.25, 0.3) is 22.2 Å². The smallest absolute Gasteiger partial charge is 0.127 e. The van der Waals surface area contributed by atoms with Gasteiger partial charge in [-0.25, -0.2) is 8.78 Å². The lowest BCUT2D eigenvalue weighted by molar-refractivity contribution is 0.164. The van der Waals surface area contributed by atoms with Crippen molar-refractivity contribution in [2.45, 2.75) is 38.9 Å². The minimum absolute atomic E-state index is 0.214. The van der Waals surface area contributed by atoms with Gasteiger partial charge in [0.05, 0.1) is 0 Å². The molecule has 4 aromatic rings. The summed E-state index contributed by atoms with van der Waals surface area (Å²) >= 11 is 0. The number of nitrogens with zero attached hydrogens (tertiary/aromatic N) is 4. The van der Waals surface area contributed by atoms with E-state index >= 15 is 0 Å². The number of benzene rings is 3. The van der Waals surface area contributed by atoms with Gasteiger partial charge < -0.3 is 0 Å². The first-order chi connectivity index (χ1) is 16.6. The third kappa shape index (κ3) is 5.00. The van der Waals surface area contributed by atoms with Gasteiger partial charge in [-0.15, -0.1) is 0 Å². The van der Waals surface area contributed by atoms with Gasteiger partial charge in [-0.1, -0.05) is 31.2 Å². The number of aromatic amines is 1. The summed E-state index contributed by atoms with van der Waals surface area (Å²) in [6.45, 7) is 6.29. The summed E-state index contributed by atoms with van der Waals surface area (Å²) in [6, 6.07) is 18.2. The Balaban J connectivity index is 1.41. The second-order valence-electron chi connectivity index (χ2n) is 9.05. The van der Waals surface area contributed by atoms with Crippen molar-refractivity contribution in [2.24, 2.45) is 0 Å². The van der Waals surface area contributed by atoms with Crippen LogP contribution in [0.5, 0.6) is 0 Å². The number of fused-ring (bicyclic) bond motifs is 1. The summed E-state index contributed by atoms with van der Waals surface area (Å²) in [5.41, 5.74) is 5.17. The van der Waals surface area contributed by atoms with Crippen molar-refractivity contribution in [1.82, 2.24) is 25.2 Å². The Labute approximate surface area is 198 Å². The Kier molecular flexibility index (Phi) is 6.65. The summed E-state index contributed by atoms with van der Waals surface area (Å²) in [5.74, 6) is -0.458. The van der Waals surface area contributed by atoms with Crippen molar-refractivity contribution in [3.63, 3.8) is 0 Å². The number of halogens is 2. The molecule has 0 radical (unpaired) electrons. The van der Waals surface area contributed by atoms with Crippen molar-refractivity contribution in [1.29, 1.82) is 0 Å². The number of hydrogen-bond donors (Lipinski definition) is 1. The molecular formula is C27H29F2N5. The molecule has 0 bridgehead atoms. The molecule has 34 heavy (non-hydrogen) atoms. The molecule has 0 aliphatic carbocycles. The molecule has 5 nitrogen and oxygen atoms in total. The largest absolute Gasteiger partial charge is 0.299 e. The SMILES string of the molecule is CCN1CCC[C@H]1CN(Cc1ccc(F)cc1)Cc1cc(-c2ccc3n[nH]nc3c2)ccc1F. The first kappa shape index (κ1) is 22.6. The zero-order valence-corrected chi connectivity index (χ0v) is 19.3. The molecule has 1 atom stereocenters. The summed E-state index contributed by atoms with van der Waals surface area (Å²) in [7, 11) is 0. The number of rotatable bonds is 8. The highest BCUT2D eigenvalue weighted by Gasteiger charge is 2.25. The first-order valence-electron chi connectivity index (χ1n) is 11.9. The van der Waals surface area contributed by atoms with Crippen LogP contribution in [-0.2, 0) is 13.1 Å². The molecule has 1 aromatic heterocycles. The Morgan fingerprint density at radius 1 is 0.941 bits per heavy atom. The highest BCUT2D eigenvalue weighted by atomic mass is 19.1. The fourth-order valence-electron chi connectivity index (χ4n) is 4.99. The van der Waals surface area contributed by atoms with Gasteiger partial charge in [0, 0.05) is 31.2 Å². The zero-order valence-electron chi connectivity index (χ0n) is 19.3. The quantitative estimate of drug-likeness (QED) is 0.382. The average molecular weight is 462 g/mol. The number of hydrogen-bond acceptors (Lipinski definition) is 4. The average Bonchev–Trinajstić information content (AvgIpc) is 3.50. The topological polar surface area (TPSA) is 48.0 Å². The predicted molar refractivity (Wildman–Crippen MR) is 130 cm³/mol. The van der Waals surface area contributed by atoms with Crippen LogP contribution in [0.1, 0.15) is 30.9 Å². The summed E-state index contributed by atoms with van der Waals surface area (Å²) < 4.78 is 28.4. The number of likely N-dealkylation sites (N-methyl/N-ethyl adjacent to an activating group) is 1. The number of H-pyrrole nitrogens is 1. The first-order valence-corrected chi connectivity index (χ1v) is 11.9. The van der Waals surface area contributed by atoms with Gasteiger partial charge in [0.15, 0.2) is 0 Å². The van der Waals surface area contributed by atoms with E-state index in [0.29, 0.717) is 24.7 Å². The number of nitrogens with one attached hydrogen (secondary N) is 1. The summed E-state index contributed by atoms with van der Waals surface area (Å²) in [6.07, 6.45) is 2.34. The molecule has 176 valence electrons. The van der Waals surface area contributed by atoms with Crippen LogP contribution in [-0.4, -0.2) is 50.9 Å². The summed E-state index contributed by atoms with van der Waals surface area (Å²) in [4.78, 5) is 4.78. The van der Waals surface area contributed by atoms with Crippen molar-refractivity contribution >= 4 is 11.0 Å². The maximum absolute atomic E-state index is 15.0. The highest BCUT2D eigenvalue weighted by Crippen LogP contribution is 2.27. The Morgan fingerprint density at radius 2 is 1.71 bits per heavy atom. The zero-order chi connectivity index (χ0) is 23.5. The van der Waals surface area contributed by atoms with Crippen LogP contribution in [0.3, 0.4) is 0 Å². The van der Waals surface area contributed by atoms with Crippen LogP contribution in [0, 0.1) is 11.6 Å². The molecule has 1 aliphatic heterocycles. The van der Waals surface area contributed by atoms with E-state index in [1.54, 1.807) is 12.1 Å². The van der Waals surface area contributed by atoms with E-state index < -0.39 is 0 Å². The number of likely N-dealkylation sites (tertiary alicyclic amines) is 1. The molecule has 5 rings (SSSR count). The molecule has 1 fully saturated rings. The molecule has 1 saturated heterocycles. The van der Waals surface area contributed by atoms with Crippen molar-refractivity contribution < 1.29 is 8.78 Å². The van der Waals surface area contributed by atoms with E-state index in [1.807, 2.05) is 36.4 Å².